The number of para-hydroxylation sites is 1. The van der Waals surface area contributed by atoms with Crippen LogP contribution in [0.25, 0.3) is 0 Å². The summed E-state index contributed by atoms with van der Waals surface area (Å²) in [6, 6.07) is 18.6. The molecule has 2 aromatic rings. The Kier molecular flexibility index (Phi) is 11.0. The van der Waals surface area contributed by atoms with Crippen molar-refractivity contribution in [3.63, 3.8) is 0 Å². The summed E-state index contributed by atoms with van der Waals surface area (Å²) in [4.78, 5) is 6.74. The molecule has 1 aliphatic rings. The van der Waals surface area contributed by atoms with E-state index in [2.05, 4.69) is 51.7 Å². The first-order valence-electron chi connectivity index (χ1n) is 10.3. The van der Waals surface area contributed by atoms with E-state index in [0.29, 0.717) is 19.3 Å². The Balaban J connectivity index is 0.00000320. The number of rotatable bonds is 8. The van der Waals surface area contributed by atoms with Gasteiger partial charge in [-0.05, 0) is 30.2 Å². The molecule has 0 radical (unpaired) electrons. The first kappa shape index (κ1) is 24.4. The van der Waals surface area contributed by atoms with Crippen molar-refractivity contribution in [2.75, 3.05) is 39.9 Å². The van der Waals surface area contributed by atoms with E-state index >= 15 is 0 Å². The Labute approximate surface area is 197 Å². The van der Waals surface area contributed by atoms with Crippen LogP contribution < -0.4 is 15.4 Å². The molecule has 1 fully saturated rings. The van der Waals surface area contributed by atoms with Gasteiger partial charge in [-0.3, -0.25) is 9.89 Å². The summed E-state index contributed by atoms with van der Waals surface area (Å²) in [5.74, 6) is 1.65. The van der Waals surface area contributed by atoms with Gasteiger partial charge in [0.25, 0.3) is 0 Å². The third-order valence-electron chi connectivity index (χ3n) is 4.81. The van der Waals surface area contributed by atoms with Gasteiger partial charge in [-0.1, -0.05) is 42.5 Å². The van der Waals surface area contributed by atoms with Crippen LogP contribution in [0.15, 0.2) is 59.6 Å². The molecule has 0 amide bonds. The van der Waals surface area contributed by atoms with Crippen molar-refractivity contribution in [3.05, 3.63) is 65.7 Å². The lowest BCUT2D eigenvalue weighted by molar-refractivity contribution is -0.0212. The number of benzene rings is 2. The maximum atomic E-state index is 5.70. The molecule has 164 valence electrons. The van der Waals surface area contributed by atoms with E-state index in [1.807, 2.05) is 30.3 Å². The zero-order chi connectivity index (χ0) is 20.3. The number of morpholine rings is 1. The van der Waals surface area contributed by atoms with Gasteiger partial charge in [0, 0.05) is 33.2 Å². The molecule has 6 nitrogen and oxygen atoms in total. The van der Waals surface area contributed by atoms with Crippen LogP contribution in [-0.2, 0) is 17.8 Å². The zero-order valence-corrected chi connectivity index (χ0v) is 20.2. The largest absolute Gasteiger partial charge is 0.492 e. The molecular formula is C23H33IN4O2. The SMILES string of the molecule is CN=C(NCCOc1ccccc1)NCc1cccc(CN2CCOC(C)C2)c1.I. The summed E-state index contributed by atoms with van der Waals surface area (Å²) in [6.07, 6.45) is 0.314. The lowest BCUT2D eigenvalue weighted by Crippen LogP contribution is -2.40. The molecule has 0 aliphatic carbocycles. The zero-order valence-electron chi connectivity index (χ0n) is 17.8. The average Bonchev–Trinajstić information content (AvgIpc) is 2.74. The van der Waals surface area contributed by atoms with Crippen LogP contribution in [-0.4, -0.2) is 56.9 Å². The summed E-state index contributed by atoms with van der Waals surface area (Å²) >= 11 is 0. The fourth-order valence-electron chi connectivity index (χ4n) is 3.39. The van der Waals surface area contributed by atoms with Gasteiger partial charge in [0.15, 0.2) is 5.96 Å². The Morgan fingerprint density at radius 2 is 1.93 bits per heavy atom. The monoisotopic (exact) mass is 524 g/mol. The number of hydrogen-bond acceptors (Lipinski definition) is 4. The number of hydrogen-bond donors (Lipinski definition) is 2. The highest BCUT2D eigenvalue weighted by Crippen LogP contribution is 2.12. The molecule has 7 heteroatoms. The fraction of sp³-hybridized carbons (Fsp3) is 0.435. The van der Waals surface area contributed by atoms with Gasteiger partial charge in [-0.25, -0.2) is 0 Å². The van der Waals surface area contributed by atoms with E-state index in [1.54, 1.807) is 7.05 Å². The third kappa shape index (κ3) is 8.49. The fourth-order valence-corrected chi connectivity index (χ4v) is 3.39. The van der Waals surface area contributed by atoms with E-state index in [9.17, 15) is 0 Å². The second kappa shape index (κ2) is 13.5. The number of aliphatic imine (C=N–C) groups is 1. The highest BCUT2D eigenvalue weighted by molar-refractivity contribution is 14.0. The molecule has 0 bridgehead atoms. The minimum absolute atomic E-state index is 0. The van der Waals surface area contributed by atoms with Crippen LogP contribution in [0.1, 0.15) is 18.1 Å². The molecule has 1 aliphatic heterocycles. The average molecular weight is 524 g/mol. The van der Waals surface area contributed by atoms with Gasteiger partial charge in [0.2, 0.25) is 0 Å². The van der Waals surface area contributed by atoms with Gasteiger partial charge >= 0.3 is 0 Å². The van der Waals surface area contributed by atoms with E-state index in [-0.39, 0.29) is 24.0 Å². The summed E-state index contributed by atoms with van der Waals surface area (Å²) in [7, 11) is 1.78. The minimum Gasteiger partial charge on any atom is -0.492 e. The van der Waals surface area contributed by atoms with Gasteiger partial charge in [0.05, 0.1) is 19.3 Å². The van der Waals surface area contributed by atoms with Crippen molar-refractivity contribution in [1.82, 2.24) is 15.5 Å². The van der Waals surface area contributed by atoms with Crippen LogP contribution >= 0.6 is 24.0 Å². The summed E-state index contributed by atoms with van der Waals surface area (Å²) in [5, 5.41) is 6.66. The van der Waals surface area contributed by atoms with E-state index < -0.39 is 0 Å². The van der Waals surface area contributed by atoms with Gasteiger partial charge in [-0.2, -0.15) is 0 Å². The molecule has 1 atom stereocenters. The second-order valence-corrected chi connectivity index (χ2v) is 7.25. The van der Waals surface area contributed by atoms with Gasteiger partial charge in [-0.15, -0.1) is 24.0 Å². The lowest BCUT2D eigenvalue weighted by Gasteiger charge is -2.31. The normalized spacial score (nSPS) is 17.1. The van der Waals surface area contributed by atoms with Crippen LogP contribution in [0.2, 0.25) is 0 Å². The second-order valence-electron chi connectivity index (χ2n) is 7.25. The van der Waals surface area contributed by atoms with Crippen molar-refractivity contribution >= 4 is 29.9 Å². The van der Waals surface area contributed by atoms with E-state index in [1.165, 1.54) is 11.1 Å². The Bertz CT molecular complexity index is 773. The number of halogens is 1. The maximum absolute atomic E-state index is 5.70. The van der Waals surface area contributed by atoms with Crippen molar-refractivity contribution < 1.29 is 9.47 Å². The molecule has 3 rings (SSSR count). The molecule has 2 N–H and O–H groups in total. The van der Waals surface area contributed by atoms with Crippen LogP contribution in [0.3, 0.4) is 0 Å². The summed E-state index contributed by atoms with van der Waals surface area (Å²) in [6.45, 7) is 7.90. The van der Waals surface area contributed by atoms with Crippen LogP contribution in [0.5, 0.6) is 5.75 Å². The van der Waals surface area contributed by atoms with Crippen molar-refractivity contribution in [1.29, 1.82) is 0 Å². The highest BCUT2D eigenvalue weighted by Gasteiger charge is 2.16. The molecule has 1 saturated heterocycles. The molecule has 1 heterocycles. The number of nitrogens with one attached hydrogen (secondary N) is 2. The lowest BCUT2D eigenvalue weighted by atomic mass is 10.1. The van der Waals surface area contributed by atoms with E-state index in [0.717, 1.165) is 44.5 Å². The van der Waals surface area contributed by atoms with Gasteiger partial charge < -0.3 is 20.1 Å². The van der Waals surface area contributed by atoms with Crippen molar-refractivity contribution in [2.45, 2.75) is 26.1 Å². The number of guanidine groups is 1. The molecule has 30 heavy (non-hydrogen) atoms. The van der Waals surface area contributed by atoms with Crippen LogP contribution in [0, 0.1) is 0 Å². The smallest absolute Gasteiger partial charge is 0.191 e. The van der Waals surface area contributed by atoms with Crippen molar-refractivity contribution in [3.8, 4) is 5.75 Å². The number of nitrogens with zero attached hydrogens (tertiary/aromatic N) is 2. The molecule has 0 saturated carbocycles. The third-order valence-corrected chi connectivity index (χ3v) is 4.81. The highest BCUT2D eigenvalue weighted by atomic mass is 127. The predicted octanol–water partition coefficient (Wildman–Crippen LogP) is 3.27. The predicted molar refractivity (Wildman–Crippen MR) is 133 cm³/mol. The standard InChI is InChI=1S/C23H32N4O2.HI/c1-19-17-27(12-14-28-19)18-21-8-6-7-20(15-21)16-26-23(24-2)25-11-13-29-22-9-4-3-5-10-22;/h3-10,15,19H,11-14,16-18H2,1-2H3,(H2,24,25,26);1H. The Morgan fingerprint density at radius 3 is 2.70 bits per heavy atom. The van der Waals surface area contributed by atoms with Gasteiger partial charge in [0.1, 0.15) is 12.4 Å². The first-order chi connectivity index (χ1) is 14.2. The first-order valence-corrected chi connectivity index (χ1v) is 10.3. The van der Waals surface area contributed by atoms with Crippen molar-refractivity contribution in [2.24, 2.45) is 4.99 Å². The topological polar surface area (TPSA) is 58.1 Å². The molecule has 1 unspecified atom stereocenters. The van der Waals surface area contributed by atoms with Crippen LogP contribution in [0.4, 0.5) is 0 Å². The van der Waals surface area contributed by atoms with E-state index in [4.69, 9.17) is 9.47 Å². The Hall–Kier alpha value is -1.84. The molecule has 0 spiro atoms. The molecule has 0 aromatic heterocycles. The number of ether oxygens (including phenoxy) is 2. The Morgan fingerprint density at radius 1 is 1.13 bits per heavy atom. The summed E-state index contributed by atoms with van der Waals surface area (Å²) < 4.78 is 11.3. The quantitative estimate of drug-likeness (QED) is 0.240. The maximum Gasteiger partial charge on any atom is 0.191 e. The molecular weight excluding hydrogens is 491 g/mol. The minimum atomic E-state index is 0. The molecule has 2 aromatic carbocycles. The summed E-state index contributed by atoms with van der Waals surface area (Å²) in [5.41, 5.74) is 2.57.